The maximum Gasteiger partial charge on any atom is 0.251 e. The number of aromatic nitrogens is 3. The van der Waals surface area contributed by atoms with Gasteiger partial charge < -0.3 is 15.2 Å². The summed E-state index contributed by atoms with van der Waals surface area (Å²) in [5, 5.41) is 15.1. The monoisotopic (exact) mass is 463 g/mol. The summed E-state index contributed by atoms with van der Waals surface area (Å²) in [6.07, 6.45) is 0. The number of rotatable bonds is 8. The normalized spacial score (nSPS) is 10.6. The summed E-state index contributed by atoms with van der Waals surface area (Å²) < 4.78 is 1.74. The zero-order valence-electron chi connectivity index (χ0n) is 16.1. The van der Waals surface area contributed by atoms with Gasteiger partial charge in [-0.15, -0.1) is 10.2 Å². The Kier molecular flexibility index (Phi) is 7.73. The van der Waals surface area contributed by atoms with Crippen molar-refractivity contribution >= 4 is 46.8 Å². The molecule has 2 N–H and O–H groups in total. The Morgan fingerprint density at radius 3 is 2.50 bits per heavy atom. The molecule has 0 saturated carbocycles. The molecule has 0 aliphatic rings. The Labute approximate surface area is 188 Å². The molecule has 2 aromatic carbocycles. The molecule has 3 aromatic rings. The van der Waals surface area contributed by atoms with Crippen LogP contribution in [0.3, 0.4) is 0 Å². The van der Waals surface area contributed by atoms with Crippen LogP contribution < -0.4 is 10.6 Å². The molecule has 1 heterocycles. The topological polar surface area (TPSA) is 88.9 Å². The number of carbonyl (C=O) groups is 2. The highest BCUT2D eigenvalue weighted by molar-refractivity contribution is 7.99. The third-order valence-corrected chi connectivity index (χ3v) is 5.94. The van der Waals surface area contributed by atoms with Crippen LogP contribution in [0.15, 0.2) is 53.7 Å². The molecule has 1 aromatic heterocycles. The number of benzene rings is 2. The molecule has 0 spiro atoms. The number of hydrogen-bond acceptors (Lipinski definition) is 5. The van der Waals surface area contributed by atoms with Gasteiger partial charge in [0.1, 0.15) is 0 Å². The van der Waals surface area contributed by atoms with Crippen molar-refractivity contribution in [3.05, 3.63) is 75.5 Å². The van der Waals surface area contributed by atoms with Gasteiger partial charge in [0.25, 0.3) is 5.91 Å². The van der Waals surface area contributed by atoms with Crippen LogP contribution in [0.25, 0.3) is 0 Å². The Balaban J connectivity index is 1.48. The van der Waals surface area contributed by atoms with Gasteiger partial charge in [0.05, 0.1) is 22.3 Å². The van der Waals surface area contributed by atoms with Gasteiger partial charge in [-0.3, -0.25) is 9.59 Å². The van der Waals surface area contributed by atoms with Crippen LogP contribution in [-0.4, -0.2) is 32.3 Å². The summed E-state index contributed by atoms with van der Waals surface area (Å²) in [7, 11) is 1.78. The van der Waals surface area contributed by atoms with Crippen molar-refractivity contribution in [3.8, 4) is 0 Å². The van der Waals surface area contributed by atoms with Crippen molar-refractivity contribution in [2.45, 2.75) is 18.2 Å². The SMILES string of the molecule is Cn1c(CNC(=O)c2ccc(Cl)c(Cl)c2)nnc1SCC(=O)NCc1ccccc1. The molecule has 0 fully saturated rings. The zero-order chi connectivity index (χ0) is 21.5. The van der Waals surface area contributed by atoms with Gasteiger partial charge in [-0.1, -0.05) is 65.3 Å². The maximum absolute atomic E-state index is 12.3. The Morgan fingerprint density at radius 1 is 1.00 bits per heavy atom. The molecule has 0 bridgehead atoms. The van der Waals surface area contributed by atoms with Crippen LogP contribution in [0.2, 0.25) is 10.0 Å². The second-order valence-corrected chi connectivity index (χ2v) is 8.08. The first-order valence-corrected chi connectivity index (χ1v) is 10.7. The number of nitrogens with one attached hydrogen (secondary N) is 2. The van der Waals surface area contributed by atoms with Crippen LogP contribution >= 0.6 is 35.0 Å². The Morgan fingerprint density at radius 2 is 1.77 bits per heavy atom. The van der Waals surface area contributed by atoms with E-state index in [2.05, 4.69) is 20.8 Å². The highest BCUT2D eigenvalue weighted by Crippen LogP contribution is 2.22. The highest BCUT2D eigenvalue weighted by Gasteiger charge is 2.13. The molecule has 0 saturated heterocycles. The lowest BCUT2D eigenvalue weighted by Crippen LogP contribution is -2.25. The van der Waals surface area contributed by atoms with Crippen molar-refractivity contribution < 1.29 is 9.59 Å². The highest BCUT2D eigenvalue weighted by atomic mass is 35.5. The average molecular weight is 464 g/mol. The van der Waals surface area contributed by atoms with Gasteiger partial charge in [0.2, 0.25) is 5.91 Å². The second kappa shape index (κ2) is 10.5. The standard InChI is InChI=1S/C20H19Cl2N5O2S/c1-27-17(11-24-19(29)14-7-8-15(21)16(22)9-14)25-26-20(27)30-12-18(28)23-10-13-5-3-2-4-6-13/h2-9H,10-12H2,1H3,(H,23,28)(H,24,29). The zero-order valence-corrected chi connectivity index (χ0v) is 18.4. The van der Waals surface area contributed by atoms with Crippen LogP contribution in [0, 0.1) is 0 Å². The molecule has 7 nitrogen and oxygen atoms in total. The molecule has 0 atom stereocenters. The molecular formula is C20H19Cl2N5O2S. The van der Waals surface area contributed by atoms with Crippen LogP contribution in [0.5, 0.6) is 0 Å². The van der Waals surface area contributed by atoms with E-state index in [0.717, 1.165) is 5.56 Å². The third-order valence-electron chi connectivity index (χ3n) is 4.18. The lowest BCUT2D eigenvalue weighted by molar-refractivity contribution is -0.118. The van der Waals surface area contributed by atoms with Crippen LogP contribution in [0.4, 0.5) is 0 Å². The van der Waals surface area contributed by atoms with Gasteiger partial charge in [0, 0.05) is 19.2 Å². The van der Waals surface area contributed by atoms with E-state index >= 15 is 0 Å². The maximum atomic E-state index is 12.3. The molecule has 10 heteroatoms. The predicted octanol–water partition coefficient (Wildman–Crippen LogP) is 3.46. The smallest absolute Gasteiger partial charge is 0.251 e. The third kappa shape index (κ3) is 5.98. The summed E-state index contributed by atoms with van der Waals surface area (Å²) >= 11 is 13.1. The first-order chi connectivity index (χ1) is 14.4. The fraction of sp³-hybridized carbons (Fsp3) is 0.200. The molecular weight excluding hydrogens is 445 g/mol. The quantitative estimate of drug-likeness (QED) is 0.499. The van der Waals surface area contributed by atoms with Crippen molar-refractivity contribution in [2.24, 2.45) is 7.05 Å². The molecule has 156 valence electrons. The predicted molar refractivity (Wildman–Crippen MR) is 118 cm³/mol. The molecule has 0 aliphatic carbocycles. The second-order valence-electron chi connectivity index (χ2n) is 6.32. The van der Waals surface area contributed by atoms with Crippen molar-refractivity contribution in [2.75, 3.05) is 5.75 Å². The number of amides is 2. The van der Waals surface area contributed by atoms with Gasteiger partial charge in [-0.25, -0.2) is 0 Å². The first kappa shape index (κ1) is 22.1. The van der Waals surface area contributed by atoms with E-state index < -0.39 is 0 Å². The summed E-state index contributed by atoms with van der Waals surface area (Å²) in [5.74, 6) is 0.386. The van der Waals surface area contributed by atoms with Crippen LogP contribution in [-0.2, 0) is 24.9 Å². The van der Waals surface area contributed by atoms with E-state index in [1.807, 2.05) is 30.3 Å². The van der Waals surface area contributed by atoms with Gasteiger partial charge >= 0.3 is 0 Å². The van der Waals surface area contributed by atoms with Crippen molar-refractivity contribution in [3.63, 3.8) is 0 Å². The molecule has 0 unspecified atom stereocenters. The lowest BCUT2D eigenvalue weighted by Gasteiger charge is -2.07. The fourth-order valence-electron chi connectivity index (χ4n) is 2.50. The summed E-state index contributed by atoms with van der Waals surface area (Å²) in [6, 6.07) is 14.4. The minimum atomic E-state index is -0.300. The summed E-state index contributed by atoms with van der Waals surface area (Å²) in [6.45, 7) is 0.661. The molecule has 0 radical (unpaired) electrons. The number of nitrogens with zero attached hydrogens (tertiary/aromatic N) is 3. The molecule has 0 aliphatic heterocycles. The van der Waals surface area contributed by atoms with E-state index in [1.54, 1.807) is 23.7 Å². The largest absolute Gasteiger partial charge is 0.351 e. The average Bonchev–Trinajstić information content (AvgIpc) is 3.11. The van der Waals surface area contributed by atoms with Gasteiger partial charge in [-0.2, -0.15) is 0 Å². The molecule has 3 rings (SSSR count). The number of thioether (sulfide) groups is 1. The number of hydrogen-bond donors (Lipinski definition) is 2. The minimum Gasteiger partial charge on any atom is -0.351 e. The Hall–Kier alpha value is -2.55. The minimum absolute atomic E-state index is 0.0960. The van der Waals surface area contributed by atoms with E-state index in [1.165, 1.54) is 17.8 Å². The van der Waals surface area contributed by atoms with Crippen molar-refractivity contribution in [1.29, 1.82) is 0 Å². The van der Waals surface area contributed by atoms with E-state index in [4.69, 9.17) is 23.2 Å². The number of carbonyl (C=O) groups excluding carboxylic acids is 2. The lowest BCUT2D eigenvalue weighted by atomic mass is 10.2. The van der Waals surface area contributed by atoms with Gasteiger partial charge in [0.15, 0.2) is 11.0 Å². The first-order valence-electron chi connectivity index (χ1n) is 8.99. The van der Waals surface area contributed by atoms with E-state index in [9.17, 15) is 9.59 Å². The summed E-state index contributed by atoms with van der Waals surface area (Å²) in [5.41, 5.74) is 1.44. The number of halogens is 2. The van der Waals surface area contributed by atoms with Crippen molar-refractivity contribution in [1.82, 2.24) is 25.4 Å². The molecule has 2 amide bonds. The van der Waals surface area contributed by atoms with E-state index in [-0.39, 0.29) is 24.1 Å². The van der Waals surface area contributed by atoms with Gasteiger partial charge in [-0.05, 0) is 23.8 Å². The Bertz CT molecular complexity index is 1040. The summed E-state index contributed by atoms with van der Waals surface area (Å²) in [4.78, 5) is 24.3. The fourth-order valence-corrected chi connectivity index (χ4v) is 3.56. The molecule has 30 heavy (non-hydrogen) atoms. The van der Waals surface area contributed by atoms with Crippen LogP contribution in [0.1, 0.15) is 21.7 Å². The van der Waals surface area contributed by atoms with E-state index in [0.29, 0.717) is 33.1 Å².